The van der Waals surface area contributed by atoms with E-state index in [4.69, 9.17) is 9.47 Å². The normalized spacial score (nSPS) is 19.5. The molecule has 2 heteroatoms. The molecule has 0 aromatic heterocycles. The van der Waals surface area contributed by atoms with Crippen LogP contribution >= 0.6 is 0 Å². The van der Waals surface area contributed by atoms with E-state index >= 15 is 0 Å². The van der Waals surface area contributed by atoms with Gasteiger partial charge in [0.2, 0.25) is 0 Å². The van der Waals surface area contributed by atoms with Gasteiger partial charge in [-0.2, -0.15) is 0 Å². The lowest BCUT2D eigenvalue weighted by molar-refractivity contribution is 0.0153. The van der Waals surface area contributed by atoms with Crippen LogP contribution in [0.4, 0.5) is 0 Å². The molecule has 0 radical (unpaired) electrons. The molecule has 1 saturated heterocycles. The maximum absolute atomic E-state index is 5.94. The maximum atomic E-state index is 5.94. The van der Waals surface area contributed by atoms with Crippen LogP contribution in [0.2, 0.25) is 0 Å². The molecule has 28 heavy (non-hydrogen) atoms. The molecule has 1 aliphatic heterocycles. The van der Waals surface area contributed by atoms with E-state index in [1.54, 1.807) is 0 Å². The molecule has 0 spiro atoms. The van der Waals surface area contributed by atoms with Gasteiger partial charge in [0.25, 0.3) is 0 Å². The molecular formula is C26H52O2. The van der Waals surface area contributed by atoms with Crippen LogP contribution in [0.5, 0.6) is 0 Å². The highest BCUT2D eigenvalue weighted by molar-refractivity contribution is 4.73. The second-order valence-electron chi connectivity index (χ2n) is 9.22. The van der Waals surface area contributed by atoms with Crippen molar-refractivity contribution in [1.82, 2.24) is 0 Å². The standard InChI is InChI=1S/C26H52O2/c1-3-5-7-9-10-11-12-13-14-15-16-18-20-25-22-26(28-23-25)24-27-21-19-17-8-6-4-2/h25-26H,3-24H2,1-2H3/t25-,26+/m1/s1. The minimum absolute atomic E-state index is 0.373. The molecule has 0 amide bonds. The van der Waals surface area contributed by atoms with E-state index in [9.17, 15) is 0 Å². The molecule has 1 aliphatic rings. The molecule has 1 fully saturated rings. The number of hydrogen-bond donors (Lipinski definition) is 0. The summed E-state index contributed by atoms with van der Waals surface area (Å²) in [5.74, 6) is 0.793. The maximum Gasteiger partial charge on any atom is 0.0812 e. The van der Waals surface area contributed by atoms with Crippen LogP contribution in [-0.2, 0) is 9.47 Å². The largest absolute Gasteiger partial charge is 0.379 e. The number of unbranched alkanes of at least 4 members (excludes halogenated alkanes) is 15. The van der Waals surface area contributed by atoms with E-state index in [-0.39, 0.29) is 0 Å². The van der Waals surface area contributed by atoms with Crippen molar-refractivity contribution >= 4 is 0 Å². The van der Waals surface area contributed by atoms with Crippen molar-refractivity contribution in [3.8, 4) is 0 Å². The molecule has 2 nitrogen and oxygen atoms in total. The Labute approximate surface area is 177 Å². The Morgan fingerprint density at radius 2 is 1.14 bits per heavy atom. The first-order chi connectivity index (χ1) is 13.9. The highest BCUT2D eigenvalue weighted by Gasteiger charge is 2.24. The van der Waals surface area contributed by atoms with Gasteiger partial charge in [0.15, 0.2) is 0 Å². The lowest BCUT2D eigenvalue weighted by atomic mass is 9.97. The van der Waals surface area contributed by atoms with Crippen LogP contribution < -0.4 is 0 Å². The predicted octanol–water partition coefficient (Wildman–Crippen LogP) is 8.47. The van der Waals surface area contributed by atoms with Crippen molar-refractivity contribution < 1.29 is 9.47 Å². The minimum atomic E-state index is 0.373. The first kappa shape index (κ1) is 26.0. The van der Waals surface area contributed by atoms with Gasteiger partial charge < -0.3 is 9.47 Å². The summed E-state index contributed by atoms with van der Waals surface area (Å²) in [6.07, 6.45) is 26.8. The van der Waals surface area contributed by atoms with Gasteiger partial charge in [-0.3, -0.25) is 0 Å². The first-order valence-electron chi connectivity index (χ1n) is 13.1. The zero-order chi connectivity index (χ0) is 20.1. The van der Waals surface area contributed by atoms with E-state index < -0.39 is 0 Å². The molecule has 0 saturated carbocycles. The lowest BCUT2D eigenvalue weighted by Gasteiger charge is -2.10. The van der Waals surface area contributed by atoms with E-state index in [1.807, 2.05) is 0 Å². The topological polar surface area (TPSA) is 18.5 Å². The molecule has 0 aliphatic carbocycles. The van der Waals surface area contributed by atoms with Crippen LogP contribution in [0.15, 0.2) is 0 Å². The van der Waals surface area contributed by atoms with Crippen molar-refractivity contribution in [2.75, 3.05) is 19.8 Å². The van der Waals surface area contributed by atoms with Gasteiger partial charge in [-0.25, -0.2) is 0 Å². The van der Waals surface area contributed by atoms with Gasteiger partial charge in [0.1, 0.15) is 0 Å². The van der Waals surface area contributed by atoms with Gasteiger partial charge in [0.05, 0.1) is 12.7 Å². The third-order valence-corrected chi connectivity index (χ3v) is 6.33. The van der Waals surface area contributed by atoms with E-state index in [0.29, 0.717) is 6.10 Å². The number of rotatable bonds is 21. The second kappa shape index (κ2) is 20.2. The summed E-state index contributed by atoms with van der Waals surface area (Å²) in [5.41, 5.74) is 0. The minimum Gasteiger partial charge on any atom is -0.379 e. The van der Waals surface area contributed by atoms with Crippen LogP contribution in [0, 0.1) is 5.92 Å². The predicted molar refractivity (Wildman–Crippen MR) is 123 cm³/mol. The summed E-state index contributed by atoms with van der Waals surface area (Å²) in [5, 5.41) is 0. The fraction of sp³-hybridized carbons (Fsp3) is 1.00. The van der Waals surface area contributed by atoms with Crippen molar-refractivity contribution in [2.24, 2.45) is 5.92 Å². The number of ether oxygens (including phenoxy) is 2. The third kappa shape index (κ3) is 15.8. The van der Waals surface area contributed by atoms with Crippen molar-refractivity contribution in [3.05, 3.63) is 0 Å². The summed E-state index contributed by atoms with van der Waals surface area (Å²) in [4.78, 5) is 0. The molecular weight excluding hydrogens is 344 g/mol. The van der Waals surface area contributed by atoms with E-state index in [2.05, 4.69) is 13.8 Å². The smallest absolute Gasteiger partial charge is 0.0812 e. The quantitative estimate of drug-likeness (QED) is 0.181. The fourth-order valence-corrected chi connectivity index (χ4v) is 4.39. The first-order valence-corrected chi connectivity index (χ1v) is 13.1. The summed E-state index contributed by atoms with van der Waals surface area (Å²) >= 11 is 0. The zero-order valence-electron chi connectivity index (χ0n) is 19.5. The Kier molecular flexibility index (Phi) is 18.7. The van der Waals surface area contributed by atoms with Gasteiger partial charge >= 0.3 is 0 Å². The van der Waals surface area contributed by atoms with Gasteiger partial charge in [-0.15, -0.1) is 0 Å². The molecule has 1 heterocycles. The summed E-state index contributed by atoms with van der Waals surface area (Å²) in [6, 6.07) is 0. The number of hydrogen-bond acceptors (Lipinski definition) is 2. The van der Waals surface area contributed by atoms with Gasteiger partial charge in [-0.1, -0.05) is 117 Å². The average molecular weight is 397 g/mol. The fourth-order valence-electron chi connectivity index (χ4n) is 4.39. The zero-order valence-corrected chi connectivity index (χ0v) is 19.5. The Balaban J connectivity index is 1.79. The lowest BCUT2D eigenvalue weighted by Crippen LogP contribution is -2.14. The van der Waals surface area contributed by atoms with Crippen LogP contribution in [0.1, 0.15) is 136 Å². The molecule has 0 aromatic rings. The average Bonchev–Trinajstić information content (AvgIpc) is 3.16. The Morgan fingerprint density at radius 1 is 0.643 bits per heavy atom. The van der Waals surface area contributed by atoms with Gasteiger partial charge in [0, 0.05) is 13.2 Å². The molecule has 0 aromatic carbocycles. The summed E-state index contributed by atoms with van der Waals surface area (Å²) in [6.45, 7) is 7.28. The second-order valence-corrected chi connectivity index (χ2v) is 9.22. The Morgan fingerprint density at radius 3 is 1.71 bits per heavy atom. The SMILES string of the molecule is CCCCCCCCCCCCCC[C@H]1CO[C@H](COCCCCCCC)C1. The highest BCUT2D eigenvalue weighted by Crippen LogP contribution is 2.25. The molecule has 1 rings (SSSR count). The Hall–Kier alpha value is -0.0800. The van der Waals surface area contributed by atoms with Crippen molar-refractivity contribution in [1.29, 1.82) is 0 Å². The van der Waals surface area contributed by atoms with Crippen LogP contribution in [-0.4, -0.2) is 25.9 Å². The van der Waals surface area contributed by atoms with Crippen LogP contribution in [0.3, 0.4) is 0 Å². The van der Waals surface area contributed by atoms with Crippen LogP contribution in [0.25, 0.3) is 0 Å². The van der Waals surface area contributed by atoms with Gasteiger partial charge in [-0.05, 0) is 25.2 Å². The molecule has 168 valence electrons. The monoisotopic (exact) mass is 396 g/mol. The summed E-state index contributed by atoms with van der Waals surface area (Å²) in [7, 11) is 0. The van der Waals surface area contributed by atoms with E-state index in [1.165, 1.54) is 122 Å². The van der Waals surface area contributed by atoms with Crippen molar-refractivity contribution in [2.45, 2.75) is 142 Å². The van der Waals surface area contributed by atoms with E-state index in [0.717, 1.165) is 25.7 Å². The molecule has 0 bridgehead atoms. The summed E-state index contributed by atoms with van der Waals surface area (Å²) < 4.78 is 11.8. The molecule has 0 unspecified atom stereocenters. The highest BCUT2D eigenvalue weighted by atomic mass is 16.5. The van der Waals surface area contributed by atoms with Crippen molar-refractivity contribution in [3.63, 3.8) is 0 Å². The molecule has 2 atom stereocenters. The third-order valence-electron chi connectivity index (χ3n) is 6.33. The molecule has 0 N–H and O–H groups in total. The Bertz CT molecular complexity index is 305.